The van der Waals surface area contributed by atoms with Crippen molar-refractivity contribution in [1.29, 1.82) is 10.5 Å². The summed E-state index contributed by atoms with van der Waals surface area (Å²) in [6.07, 6.45) is 9.60. The third-order valence-electron chi connectivity index (χ3n) is 6.59. The number of nitrogens with zero attached hydrogens (tertiary/aromatic N) is 2. The molecule has 0 heterocycles. The van der Waals surface area contributed by atoms with Crippen molar-refractivity contribution in [3.8, 4) is 12.1 Å². The topological polar surface area (TPSA) is 88.7 Å². The third kappa shape index (κ3) is 4.33. The molecule has 0 aromatic carbocycles. The van der Waals surface area contributed by atoms with Crippen LogP contribution in [0.25, 0.3) is 0 Å². The van der Waals surface area contributed by atoms with Crippen molar-refractivity contribution in [3.63, 3.8) is 0 Å². The second-order valence-corrected chi connectivity index (χ2v) is 9.44. The summed E-state index contributed by atoms with van der Waals surface area (Å²) in [4.78, 5) is 12.6. The largest absolute Gasteiger partial charge is 0.375 e. The molecule has 0 aromatic heterocycles. The van der Waals surface area contributed by atoms with Crippen molar-refractivity contribution in [2.75, 3.05) is 12.3 Å². The van der Waals surface area contributed by atoms with E-state index in [1.165, 1.54) is 50.3 Å². The minimum atomic E-state index is -0.0311. The van der Waals surface area contributed by atoms with Gasteiger partial charge in [0.25, 0.3) is 0 Å². The van der Waals surface area contributed by atoms with Gasteiger partial charge >= 0.3 is 0 Å². The average Bonchev–Trinajstić information content (AvgIpc) is 2.63. The van der Waals surface area contributed by atoms with E-state index in [1.807, 2.05) is 12.1 Å². The molecule has 0 spiro atoms. The molecule has 4 fully saturated rings. The lowest BCUT2D eigenvalue weighted by Crippen LogP contribution is -2.56. The predicted molar refractivity (Wildman–Crippen MR) is 107 cm³/mol. The van der Waals surface area contributed by atoms with Gasteiger partial charge in [0.2, 0.25) is 5.91 Å². The van der Waals surface area contributed by atoms with Crippen LogP contribution in [0.1, 0.15) is 45.4 Å². The van der Waals surface area contributed by atoms with Crippen molar-refractivity contribution in [1.82, 2.24) is 10.6 Å². The highest BCUT2D eigenvalue weighted by Crippen LogP contribution is 2.61. The minimum Gasteiger partial charge on any atom is -0.375 e. The zero-order chi connectivity index (χ0) is 19.4. The van der Waals surface area contributed by atoms with Gasteiger partial charge in [-0.05, 0) is 68.6 Å². The molecule has 6 heteroatoms. The van der Waals surface area contributed by atoms with Crippen molar-refractivity contribution >= 4 is 17.7 Å². The maximum absolute atomic E-state index is 12.6. The molecule has 27 heavy (non-hydrogen) atoms. The molecule has 4 aliphatic carbocycles. The van der Waals surface area contributed by atoms with E-state index < -0.39 is 0 Å². The van der Waals surface area contributed by atoms with E-state index in [1.54, 1.807) is 6.08 Å². The van der Waals surface area contributed by atoms with Crippen LogP contribution in [-0.2, 0) is 4.79 Å². The fraction of sp³-hybridized carbons (Fsp3) is 0.667. The summed E-state index contributed by atoms with van der Waals surface area (Å²) in [6.45, 7) is 6.24. The van der Waals surface area contributed by atoms with E-state index in [4.69, 9.17) is 10.5 Å². The molecule has 2 N–H and O–H groups in total. The van der Waals surface area contributed by atoms with E-state index in [0.717, 1.165) is 17.8 Å². The van der Waals surface area contributed by atoms with Crippen LogP contribution in [0.5, 0.6) is 0 Å². The summed E-state index contributed by atoms with van der Waals surface area (Å²) in [5.74, 6) is 2.74. The second kappa shape index (κ2) is 8.40. The average molecular weight is 385 g/mol. The fourth-order valence-corrected chi connectivity index (χ4v) is 6.56. The Labute approximate surface area is 166 Å². The van der Waals surface area contributed by atoms with Crippen LogP contribution in [-0.4, -0.2) is 24.2 Å². The van der Waals surface area contributed by atoms with E-state index in [2.05, 4.69) is 24.1 Å². The zero-order valence-corrected chi connectivity index (χ0v) is 16.8. The van der Waals surface area contributed by atoms with Crippen LogP contribution in [0.4, 0.5) is 0 Å². The highest BCUT2D eigenvalue weighted by molar-refractivity contribution is 8.03. The first-order valence-electron chi connectivity index (χ1n) is 9.81. The predicted octanol–water partition coefficient (Wildman–Crippen LogP) is 3.48. The first kappa shape index (κ1) is 19.8. The van der Waals surface area contributed by atoms with Gasteiger partial charge in [0.05, 0.1) is 10.8 Å². The van der Waals surface area contributed by atoms with Gasteiger partial charge in [0, 0.05) is 12.6 Å². The Morgan fingerprint density at radius 3 is 2.26 bits per heavy atom. The van der Waals surface area contributed by atoms with Crippen LogP contribution in [0.2, 0.25) is 0 Å². The summed E-state index contributed by atoms with van der Waals surface area (Å²) < 4.78 is 0. The Kier molecular flexibility index (Phi) is 6.17. The Morgan fingerprint density at radius 1 is 1.22 bits per heavy atom. The summed E-state index contributed by atoms with van der Waals surface area (Å²) in [5.41, 5.74) is 0.281. The third-order valence-corrected chi connectivity index (χ3v) is 7.63. The van der Waals surface area contributed by atoms with Crippen molar-refractivity contribution in [2.24, 2.45) is 23.2 Å². The Hall–Kier alpha value is -1.92. The molecule has 1 amide bonds. The van der Waals surface area contributed by atoms with Crippen LogP contribution < -0.4 is 10.6 Å². The van der Waals surface area contributed by atoms with Crippen LogP contribution in [0.3, 0.4) is 0 Å². The Balaban J connectivity index is 1.57. The second-order valence-electron chi connectivity index (χ2n) is 8.46. The van der Waals surface area contributed by atoms with Gasteiger partial charge in [-0.3, -0.25) is 4.79 Å². The van der Waals surface area contributed by atoms with Crippen molar-refractivity contribution < 1.29 is 4.79 Å². The quantitative estimate of drug-likeness (QED) is 0.494. The molecule has 4 rings (SSSR count). The number of allylic oxidation sites excluding steroid dienone is 1. The van der Waals surface area contributed by atoms with Crippen LogP contribution in [0, 0.1) is 45.8 Å². The number of hydrogen-bond donors (Lipinski definition) is 2. The normalized spacial score (nSPS) is 31.3. The fourth-order valence-electron chi connectivity index (χ4n) is 5.78. The summed E-state index contributed by atoms with van der Waals surface area (Å²) in [7, 11) is 0. The highest BCUT2D eigenvalue weighted by Gasteiger charge is 2.53. The molecule has 0 saturated heterocycles. The maximum atomic E-state index is 12.6. The molecule has 1 atom stereocenters. The van der Waals surface area contributed by atoms with Gasteiger partial charge < -0.3 is 10.6 Å². The first-order valence-corrected chi connectivity index (χ1v) is 10.8. The number of thioether (sulfide) groups is 1. The van der Waals surface area contributed by atoms with Crippen LogP contribution >= 0.6 is 11.8 Å². The smallest absolute Gasteiger partial charge is 0.230 e. The summed E-state index contributed by atoms with van der Waals surface area (Å²) in [5, 5.41) is 24.8. The number of hydrogen-bond acceptors (Lipinski definition) is 5. The van der Waals surface area contributed by atoms with E-state index in [-0.39, 0.29) is 28.7 Å². The number of amides is 1. The van der Waals surface area contributed by atoms with Crippen molar-refractivity contribution in [2.45, 2.75) is 51.5 Å². The molecule has 5 nitrogen and oxygen atoms in total. The van der Waals surface area contributed by atoms with E-state index >= 15 is 0 Å². The lowest BCUT2D eigenvalue weighted by Gasteiger charge is -2.59. The Bertz CT molecular complexity index is 663. The zero-order valence-electron chi connectivity index (χ0n) is 16.0. The molecule has 4 saturated carbocycles. The summed E-state index contributed by atoms with van der Waals surface area (Å²) >= 11 is 1.21. The van der Waals surface area contributed by atoms with Gasteiger partial charge in [0.1, 0.15) is 12.1 Å². The monoisotopic (exact) mass is 384 g/mol. The lowest BCUT2D eigenvalue weighted by molar-refractivity contribution is -0.123. The molecule has 0 aromatic rings. The molecule has 0 unspecified atom stereocenters. The van der Waals surface area contributed by atoms with Gasteiger partial charge in [-0.25, -0.2) is 0 Å². The molecular formula is C21H28N4OS. The number of nitrogens with one attached hydrogen (secondary N) is 2. The van der Waals surface area contributed by atoms with Gasteiger partial charge in [-0.2, -0.15) is 10.5 Å². The molecule has 4 bridgehead atoms. The highest BCUT2D eigenvalue weighted by atomic mass is 32.2. The van der Waals surface area contributed by atoms with E-state index in [9.17, 15) is 4.79 Å². The summed E-state index contributed by atoms with van der Waals surface area (Å²) in [6, 6.07) is 3.95. The standard InChI is InChI=1S/C21H28N4OS/c1-3-4-24-20(18(11-22)12-23)27-13-19(26)25-14(2)21-8-15-5-16(9-21)7-17(6-15)10-21/h3,14-17,24H,1,4-10,13H2,2H3,(H,25,26)/t14-,15?,16?,17?,21?/m1/s1. The molecule has 4 aliphatic rings. The molecular weight excluding hydrogens is 356 g/mol. The van der Waals surface area contributed by atoms with E-state index in [0.29, 0.717) is 11.6 Å². The Morgan fingerprint density at radius 2 is 1.78 bits per heavy atom. The SMILES string of the molecule is C=CCNC(SCC(=O)N[C@H](C)C12CC3CC(CC(C3)C1)C2)=C(C#N)C#N. The molecule has 0 radical (unpaired) electrons. The lowest BCUT2D eigenvalue weighted by atomic mass is 9.48. The molecule has 0 aliphatic heterocycles. The minimum absolute atomic E-state index is 0.00350. The molecule has 144 valence electrons. The maximum Gasteiger partial charge on any atom is 0.230 e. The van der Waals surface area contributed by atoms with Crippen molar-refractivity contribution in [3.05, 3.63) is 23.3 Å². The van der Waals surface area contributed by atoms with Gasteiger partial charge in [-0.1, -0.05) is 17.8 Å². The first-order chi connectivity index (χ1) is 13.0. The number of nitriles is 2. The number of rotatable bonds is 8. The van der Waals surface area contributed by atoms with Gasteiger partial charge in [-0.15, -0.1) is 6.58 Å². The van der Waals surface area contributed by atoms with Gasteiger partial charge in [0.15, 0.2) is 5.57 Å². The van der Waals surface area contributed by atoms with Crippen LogP contribution in [0.15, 0.2) is 23.3 Å². The number of carbonyl (C=O) groups is 1. The number of carbonyl (C=O) groups excluding carboxylic acids is 1.